The van der Waals surface area contributed by atoms with Crippen LogP contribution < -0.4 is 16.4 Å². The van der Waals surface area contributed by atoms with E-state index < -0.39 is 0 Å². The Labute approximate surface area is 181 Å². The van der Waals surface area contributed by atoms with Gasteiger partial charge in [-0.3, -0.25) is 19.0 Å². The summed E-state index contributed by atoms with van der Waals surface area (Å²) < 4.78 is 8.30. The van der Waals surface area contributed by atoms with E-state index in [0.29, 0.717) is 22.4 Å². The number of thioether (sulfide) groups is 1. The van der Waals surface area contributed by atoms with Gasteiger partial charge in [-0.1, -0.05) is 11.8 Å². The highest BCUT2D eigenvalue weighted by Gasteiger charge is 2.31. The zero-order valence-corrected chi connectivity index (χ0v) is 17.6. The van der Waals surface area contributed by atoms with Crippen LogP contribution in [0.2, 0.25) is 0 Å². The lowest BCUT2D eigenvalue weighted by atomic mass is 10.2. The number of amides is 1. The van der Waals surface area contributed by atoms with Crippen molar-refractivity contribution < 1.29 is 9.21 Å². The van der Waals surface area contributed by atoms with Crippen molar-refractivity contribution in [1.82, 2.24) is 24.6 Å². The standard InChI is InChI=1S/C21H21N5O4S/c27-18(11-13-12-31-21-23-15-4-1-3-14(15)20(29)26(13)21)22-8-9-25-19(28)7-6-16(24-25)17-5-2-10-30-17/h2,5-7,10,13H,1,3-4,8-9,11-12H2,(H,22,27). The number of hydrogen-bond donors (Lipinski definition) is 1. The molecule has 9 nitrogen and oxygen atoms in total. The van der Waals surface area contributed by atoms with E-state index >= 15 is 0 Å². The Bertz CT molecular complexity index is 1250. The van der Waals surface area contributed by atoms with Gasteiger partial charge in [-0.2, -0.15) is 5.10 Å². The first-order chi connectivity index (χ1) is 15.1. The van der Waals surface area contributed by atoms with Gasteiger partial charge in [-0.05, 0) is 37.5 Å². The summed E-state index contributed by atoms with van der Waals surface area (Å²) in [7, 11) is 0. The number of carbonyl (C=O) groups is 1. The van der Waals surface area contributed by atoms with Crippen LogP contribution in [0, 0.1) is 0 Å². The van der Waals surface area contributed by atoms with Gasteiger partial charge in [0, 0.05) is 30.3 Å². The Balaban J connectivity index is 1.21. The zero-order chi connectivity index (χ0) is 21.4. The van der Waals surface area contributed by atoms with E-state index in [1.165, 1.54) is 22.5 Å². The van der Waals surface area contributed by atoms with Crippen molar-refractivity contribution in [2.45, 2.75) is 43.4 Å². The molecule has 4 heterocycles. The molecular weight excluding hydrogens is 418 g/mol. The summed E-state index contributed by atoms with van der Waals surface area (Å²) in [6.45, 7) is 0.502. The highest BCUT2D eigenvalue weighted by Crippen LogP contribution is 2.33. The molecule has 2 aliphatic rings. The molecule has 10 heteroatoms. The summed E-state index contributed by atoms with van der Waals surface area (Å²) in [6.07, 6.45) is 4.34. The van der Waals surface area contributed by atoms with Crippen molar-refractivity contribution in [3.8, 4) is 11.5 Å². The Morgan fingerprint density at radius 2 is 2.16 bits per heavy atom. The van der Waals surface area contributed by atoms with E-state index in [2.05, 4.69) is 15.4 Å². The van der Waals surface area contributed by atoms with Crippen LogP contribution in [0.4, 0.5) is 0 Å². The molecule has 3 aromatic rings. The van der Waals surface area contributed by atoms with Gasteiger partial charge in [0.05, 0.1) is 24.5 Å². The lowest BCUT2D eigenvalue weighted by molar-refractivity contribution is -0.121. The van der Waals surface area contributed by atoms with E-state index in [4.69, 9.17) is 4.42 Å². The second-order valence-corrected chi connectivity index (χ2v) is 8.61. The second kappa shape index (κ2) is 8.18. The molecule has 1 unspecified atom stereocenters. The lowest BCUT2D eigenvalue weighted by Gasteiger charge is -2.14. The van der Waals surface area contributed by atoms with Gasteiger partial charge < -0.3 is 9.73 Å². The summed E-state index contributed by atoms with van der Waals surface area (Å²) in [4.78, 5) is 42.0. The number of aromatic nitrogens is 4. The molecule has 0 radical (unpaired) electrons. The predicted molar refractivity (Wildman–Crippen MR) is 114 cm³/mol. The fourth-order valence-corrected chi connectivity index (χ4v) is 5.21. The first-order valence-electron chi connectivity index (χ1n) is 10.3. The zero-order valence-electron chi connectivity index (χ0n) is 16.7. The van der Waals surface area contributed by atoms with Gasteiger partial charge in [0.2, 0.25) is 5.91 Å². The van der Waals surface area contributed by atoms with Crippen LogP contribution in [-0.4, -0.2) is 37.5 Å². The molecule has 3 aromatic heterocycles. The van der Waals surface area contributed by atoms with Crippen molar-refractivity contribution in [3.05, 3.63) is 62.5 Å². The number of nitrogens with one attached hydrogen (secondary N) is 1. The second-order valence-electron chi connectivity index (χ2n) is 7.62. The van der Waals surface area contributed by atoms with Gasteiger partial charge >= 0.3 is 0 Å². The predicted octanol–water partition coefficient (Wildman–Crippen LogP) is 1.40. The third kappa shape index (κ3) is 3.83. The van der Waals surface area contributed by atoms with E-state index in [-0.39, 0.29) is 42.6 Å². The Morgan fingerprint density at radius 3 is 3.00 bits per heavy atom. The Kier molecular flexibility index (Phi) is 5.23. The van der Waals surface area contributed by atoms with Gasteiger partial charge in [-0.15, -0.1) is 0 Å². The molecule has 1 aliphatic carbocycles. The molecule has 1 aliphatic heterocycles. The molecule has 0 spiro atoms. The van der Waals surface area contributed by atoms with Crippen molar-refractivity contribution in [2.24, 2.45) is 0 Å². The third-order valence-corrected chi connectivity index (χ3v) is 6.68. The number of aryl methyl sites for hydroxylation is 1. The van der Waals surface area contributed by atoms with E-state index in [0.717, 1.165) is 30.5 Å². The maximum atomic E-state index is 12.8. The minimum atomic E-state index is -0.253. The smallest absolute Gasteiger partial charge is 0.266 e. The van der Waals surface area contributed by atoms with Crippen LogP contribution in [0.1, 0.15) is 30.1 Å². The topological polar surface area (TPSA) is 112 Å². The summed E-state index contributed by atoms with van der Waals surface area (Å²) in [5.74, 6) is 1.06. The van der Waals surface area contributed by atoms with Crippen LogP contribution in [0.5, 0.6) is 0 Å². The van der Waals surface area contributed by atoms with E-state index in [1.807, 2.05) is 0 Å². The SMILES string of the molecule is O=C(CC1CSc2nc3c(c(=O)n21)CCC3)NCCn1nc(-c2ccco2)ccc1=O. The molecule has 0 fully saturated rings. The molecule has 31 heavy (non-hydrogen) atoms. The summed E-state index contributed by atoms with van der Waals surface area (Å²) >= 11 is 1.53. The normalized spacial score (nSPS) is 16.8. The van der Waals surface area contributed by atoms with Crippen LogP contribution in [0.3, 0.4) is 0 Å². The van der Waals surface area contributed by atoms with Crippen molar-refractivity contribution >= 4 is 17.7 Å². The van der Waals surface area contributed by atoms with Gasteiger partial charge in [0.1, 0.15) is 5.69 Å². The Morgan fingerprint density at radius 1 is 1.26 bits per heavy atom. The van der Waals surface area contributed by atoms with Crippen LogP contribution in [0.15, 0.2) is 49.7 Å². The minimum absolute atomic E-state index is 0.00536. The molecular formula is C21H21N5O4S. The Hall–Kier alpha value is -3.14. The van der Waals surface area contributed by atoms with Crippen LogP contribution in [-0.2, 0) is 24.2 Å². The fraction of sp³-hybridized carbons (Fsp3) is 0.381. The number of nitrogens with zero attached hydrogens (tertiary/aromatic N) is 4. The molecule has 5 rings (SSSR count). The summed E-state index contributed by atoms with van der Waals surface area (Å²) in [5, 5.41) is 7.84. The number of hydrogen-bond acceptors (Lipinski definition) is 7. The quantitative estimate of drug-likeness (QED) is 0.578. The van der Waals surface area contributed by atoms with E-state index in [9.17, 15) is 14.4 Å². The van der Waals surface area contributed by atoms with Gasteiger partial charge in [0.25, 0.3) is 11.1 Å². The average molecular weight is 439 g/mol. The van der Waals surface area contributed by atoms with Crippen molar-refractivity contribution in [2.75, 3.05) is 12.3 Å². The fourth-order valence-electron chi connectivity index (χ4n) is 4.05. The maximum absolute atomic E-state index is 12.8. The molecule has 0 aromatic carbocycles. The van der Waals surface area contributed by atoms with Gasteiger partial charge in [0.15, 0.2) is 10.9 Å². The van der Waals surface area contributed by atoms with Crippen molar-refractivity contribution in [3.63, 3.8) is 0 Å². The van der Waals surface area contributed by atoms with E-state index in [1.54, 1.807) is 29.0 Å². The molecule has 1 amide bonds. The number of fused-ring (bicyclic) bond motifs is 2. The monoisotopic (exact) mass is 439 g/mol. The van der Waals surface area contributed by atoms with Gasteiger partial charge in [-0.25, -0.2) is 9.67 Å². The highest BCUT2D eigenvalue weighted by atomic mass is 32.2. The largest absolute Gasteiger partial charge is 0.463 e. The van der Waals surface area contributed by atoms with Crippen molar-refractivity contribution in [1.29, 1.82) is 0 Å². The summed E-state index contributed by atoms with van der Waals surface area (Å²) in [5.41, 5.74) is 2.03. The average Bonchev–Trinajstić information content (AvgIpc) is 3.51. The first kappa shape index (κ1) is 19.8. The summed E-state index contributed by atoms with van der Waals surface area (Å²) in [6, 6.07) is 6.35. The van der Waals surface area contributed by atoms with Crippen LogP contribution in [0.25, 0.3) is 11.5 Å². The minimum Gasteiger partial charge on any atom is -0.463 e. The first-order valence-corrected chi connectivity index (χ1v) is 11.2. The van der Waals surface area contributed by atoms with Crippen LogP contribution >= 0.6 is 11.8 Å². The molecule has 1 N–H and O–H groups in total. The number of furan rings is 1. The molecule has 0 saturated heterocycles. The molecule has 0 saturated carbocycles. The third-order valence-electron chi connectivity index (χ3n) is 5.58. The molecule has 1 atom stereocenters. The molecule has 160 valence electrons. The number of carbonyl (C=O) groups excluding carboxylic acids is 1. The number of rotatable bonds is 6. The lowest BCUT2D eigenvalue weighted by Crippen LogP contribution is -2.35. The highest BCUT2D eigenvalue weighted by molar-refractivity contribution is 7.99. The molecule has 0 bridgehead atoms. The maximum Gasteiger partial charge on any atom is 0.266 e.